The van der Waals surface area contributed by atoms with Gasteiger partial charge in [0.2, 0.25) is 0 Å². The monoisotopic (exact) mass is 664 g/mol. The first-order valence-corrected chi connectivity index (χ1v) is 14.5. The number of ether oxygens (including phenoxy) is 8. The van der Waals surface area contributed by atoms with E-state index in [2.05, 4.69) is 18.9 Å². The number of esters is 4. The molecule has 18 heteroatoms. The molecule has 1 aliphatic rings. The zero-order valence-corrected chi connectivity index (χ0v) is 22.5. The molecule has 1 fully saturated rings. The molecular weight excluding hydrogens is 643 g/mol. The molecular formula is C16H24Cl4Ni2O12. The van der Waals surface area contributed by atoms with Crippen LogP contribution in [0.5, 0.6) is 0 Å². The average molecular weight is 668 g/mol. The van der Waals surface area contributed by atoms with E-state index in [-0.39, 0.29) is 79.3 Å². The van der Waals surface area contributed by atoms with Gasteiger partial charge in [0.25, 0.3) is 0 Å². The maximum atomic E-state index is 11.4. The van der Waals surface area contributed by atoms with E-state index < -0.39 is 23.9 Å². The van der Waals surface area contributed by atoms with Crippen molar-refractivity contribution in [3.8, 4) is 0 Å². The van der Waals surface area contributed by atoms with E-state index in [1.54, 1.807) is 0 Å². The molecule has 0 radical (unpaired) electrons. The predicted octanol–water partition coefficient (Wildman–Crippen LogP) is 0.992. The fourth-order valence-electron chi connectivity index (χ4n) is 1.65. The van der Waals surface area contributed by atoms with Crippen LogP contribution < -0.4 is 0 Å². The third-order valence-corrected chi connectivity index (χ3v) is 2.92. The van der Waals surface area contributed by atoms with Crippen LogP contribution in [0, 0.1) is 0 Å². The third kappa shape index (κ3) is 26.5. The average Bonchev–Trinajstić information content (AvgIpc) is 2.81. The second-order valence-electron chi connectivity index (χ2n) is 5.08. The first-order valence-electron chi connectivity index (χ1n) is 9.08. The second-order valence-corrected chi connectivity index (χ2v) is 8.35. The molecule has 0 saturated carbocycles. The minimum absolute atomic E-state index is 0.0618. The summed E-state index contributed by atoms with van der Waals surface area (Å²) in [4.78, 5) is 45.4. The standard InChI is InChI=1S/C16H24O12.4ClH.2Ni/c17-13-14(18)27-11-7-23-3-4-24-8-12-28-16(20)15(19)26-10-6-22-2-1-21-5-9-25-13;;;;;;/h1-12H2;4*1H;;/q;;;;;2*+2/p-4. The van der Waals surface area contributed by atoms with Gasteiger partial charge in [-0.2, -0.15) is 0 Å². The van der Waals surface area contributed by atoms with E-state index in [9.17, 15) is 19.2 Å². The molecule has 0 atom stereocenters. The van der Waals surface area contributed by atoms with Crippen molar-refractivity contribution in [2.24, 2.45) is 0 Å². The summed E-state index contributed by atoms with van der Waals surface area (Å²) in [6.45, 7) is 0.512. The summed E-state index contributed by atoms with van der Waals surface area (Å²) in [6.07, 6.45) is 0. The van der Waals surface area contributed by atoms with Gasteiger partial charge in [-0.1, -0.05) is 0 Å². The Morgan fingerprint density at radius 3 is 0.706 bits per heavy atom. The van der Waals surface area contributed by atoms with Gasteiger partial charge < -0.3 is 37.9 Å². The van der Waals surface area contributed by atoms with Gasteiger partial charge in [0.15, 0.2) is 0 Å². The van der Waals surface area contributed by atoms with E-state index >= 15 is 0 Å². The van der Waals surface area contributed by atoms with Crippen molar-refractivity contribution in [3.05, 3.63) is 0 Å². The molecule has 0 aromatic heterocycles. The van der Waals surface area contributed by atoms with E-state index in [0.29, 0.717) is 25.3 Å². The Labute approximate surface area is 225 Å². The summed E-state index contributed by atoms with van der Waals surface area (Å²) in [5.41, 5.74) is 0. The Hall–Kier alpha value is -0.133. The SMILES string of the molecule is O=C1OCCOCCOCCOC(=O)C(=O)OCCOCCOCCOC1=O.[Cl][Ni][Cl].[Cl][Ni][Cl]. The van der Waals surface area contributed by atoms with Crippen LogP contribution >= 0.6 is 40.8 Å². The summed E-state index contributed by atoms with van der Waals surface area (Å²) < 4.78 is 39.2. The van der Waals surface area contributed by atoms with Crippen molar-refractivity contribution in [2.45, 2.75) is 0 Å². The van der Waals surface area contributed by atoms with Crippen molar-refractivity contribution in [1.82, 2.24) is 0 Å². The van der Waals surface area contributed by atoms with E-state index in [1.807, 2.05) is 0 Å². The fourth-order valence-corrected chi connectivity index (χ4v) is 1.65. The number of carbonyl (C=O) groups is 4. The van der Waals surface area contributed by atoms with Gasteiger partial charge in [-0.15, -0.1) is 0 Å². The molecule has 1 aliphatic heterocycles. The quantitative estimate of drug-likeness (QED) is 0.157. The number of hydrogen-bond acceptors (Lipinski definition) is 12. The molecule has 0 aliphatic carbocycles. The van der Waals surface area contributed by atoms with Gasteiger partial charge in [-0.05, 0) is 0 Å². The molecule has 0 unspecified atom stereocenters. The summed E-state index contributed by atoms with van der Waals surface area (Å²) in [5.74, 6) is -4.47. The second kappa shape index (κ2) is 29.1. The van der Waals surface area contributed by atoms with Gasteiger partial charge in [-0.25, -0.2) is 19.2 Å². The molecule has 1 saturated heterocycles. The molecule has 208 valence electrons. The van der Waals surface area contributed by atoms with Crippen LogP contribution in [-0.2, 0) is 82.4 Å². The zero-order chi connectivity index (χ0) is 25.9. The van der Waals surface area contributed by atoms with Gasteiger partial charge in [-0.3, -0.25) is 0 Å². The van der Waals surface area contributed by atoms with Crippen molar-refractivity contribution < 1.29 is 82.4 Å². The van der Waals surface area contributed by atoms with Crippen molar-refractivity contribution in [1.29, 1.82) is 0 Å². The fraction of sp³-hybridized carbons (Fsp3) is 0.750. The Bertz CT molecular complexity index is 458. The number of cyclic esters (lactones) is 4. The van der Waals surface area contributed by atoms with E-state index in [1.165, 1.54) is 0 Å². The van der Waals surface area contributed by atoms with Crippen molar-refractivity contribution in [3.63, 3.8) is 0 Å². The van der Waals surface area contributed by atoms with Crippen LogP contribution in [0.3, 0.4) is 0 Å². The van der Waals surface area contributed by atoms with Crippen LogP contribution in [0.15, 0.2) is 0 Å². The van der Waals surface area contributed by atoms with Crippen LogP contribution in [0.2, 0.25) is 0 Å². The summed E-state index contributed by atoms with van der Waals surface area (Å²) >= 11 is 1.14. The summed E-state index contributed by atoms with van der Waals surface area (Å²) in [6, 6.07) is 0. The minimum atomic E-state index is -1.12. The normalized spacial score (nSPS) is 18.9. The molecule has 0 bridgehead atoms. The number of carbonyl (C=O) groups excluding carboxylic acids is 4. The summed E-state index contributed by atoms with van der Waals surface area (Å²) in [7, 11) is 18.8. The molecule has 12 nitrogen and oxygen atoms in total. The number of hydrogen-bond donors (Lipinski definition) is 0. The Morgan fingerprint density at radius 2 is 0.529 bits per heavy atom. The molecule has 0 N–H and O–H groups in total. The topological polar surface area (TPSA) is 142 Å². The molecule has 34 heavy (non-hydrogen) atoms. The van der Waals surface area contributed by atoms with Gasteiger partial charge in [0, 0.05) is 0 Å². The predicted molar refractivity (Wildman–Crippen MR) is 111 cm³/mol. The van der Waals surface area contributed by atoms with E-state index in [4.69, 9.17) is 59.7 Å². The first-order chi connectivity index (χ1) is 16.4. The molecule has 0 amide bonds. The van der Waals surface area contributed by atoms with Crippen molar-refractivity contribution >= 4 is 64.7 Å². The van der Waals surface area contributed by atoms with Gasteiger partial charge in [0.05, 0.1) is 52.9 Å². The van der Waals surface area contributed by atoms with Crippen LogP contribution in [0.4, 0.5) is 0 Å². The molecule has 1 rings (SSSR count). The van der Waals surface area contributed by atoms with Gasteiger partial charge in [0.1, 0.15) is 26.4 Å². The van der Waals surface area contributed by atoms with Gasteiger partial charge >= 0.3 is 90.0 Å². The maximum absolute atomic E-state index is 11.4. The van der Waals surface area contributed by atoms with E-state index in [0.717, 1.165) is 0 Å². The van der Waals surface area contributed by atoms with Crippen LogP contribution in [0.1, 0.15) is 0 Å². The van der Waals surface area contributed by atoms with Crippen LogP contribution in [0.25, 0.3) is 0 Å². The first kappa shape index (κ1) is 36.0. The Kier molecular flexibility index (Phi) is 30.8. The van der Waals surface area contributed by atoms with Crippen LogP contribution in [-0.4, -0.2) is 103 Å². The van der Waals surface area contributed by atoms with Crippen molar-refractivity contribution in [2.75, 3.05) is 79.3 Å². The Morgan fingerprint density at radius 1 is 0.382 bits per heavy atom. The summed E-state index contributed by atoms with van der Waals surface area (Å²) in [5, 5.41) is 0. The molecule has 0 aromatic carbocycles. The Balaban J connectivity index is 0. The zero-order valence-electron chi connectivity index (χ0n) is 17.5. The number of rotatable bonds is 0. The molecule has 0 spiro atoms. The molecule has 0 aromatic rings. The third-order valence-electron chi connectivity index (χ3n) is 2.92. The number of halogens is 4. The molecule has 1 heterocycles.